The lowest BCUT2D eigenvalue weighted by molar-refractivity contribution is -0.150. The average molecular weight is 196 g/mol. The molecule has 0 saturated heterocycles. The molecule has 14 heavy (non-hydrogen) atoms. The van der Waals surface area contributed by atoms with Crippen LogP contribution in [0, 0.1) is 22.7 Å². The van der Waals surface area contributed by atoms with E-state index in [2.05, 4.69) is 0 Å². The topological polar surface area (TPSA) is 74.6 Å². The van der Waals surface area contributed by atoms with Crippen LogP contribution < -0.4 is 0 Å². The third-order valence-corrected chi connectivity index (χ3v) is 4.84. The van der Waals surface area contributed by atoms with Gasteiger partial charge in [-0.15, -0.1) is 0 Å². The molecule has 0 aromatic carbocycles. The van der Waals surface area contributed by atoms with Crippen molar-refractivity contribution in [2.24, 2.45) is 22.7 Å². The lowest BCUT2D eigenvalue weighted by Gasteiger charge is -2.23. The summed E-state index contributed by atoms with van der Waals surface area (Å²) in [6.07, 6.45) is 2.39. The van der Waals surface area contributed by atoms with Gasteiger partial charge >= 0.3 is 11.9 Å². The van der Waals surface area contributed by atoms with Crippen LogP contribution in [0.5, 0.6) is 0 Å². The van der Waals surface area contributed by atoms with Crippen LogP contribution in [0.2, 0.25) is 0 Å². The van der Waals surface area contributed by atoms with Crippen LogP contribution in [0.25, 0.3) is 0 Å². The zero-order valence-electron chi connectivity index (χ0n) is 7.69. The molecule has 4 aliphatic rings. The molecule has 4 aliphatic carbocycles. The van der Waals surface area contributed by atoms with E-state index in [9.17, 15) is 19.8 Å². The van der Waals surface area contributed by atoms with Crippen molar-refractivity contribution in [2.75, 3.05) is 0 Å². The van der Waals surface area contributed by atoms with Crippen LogP contribution in [0.4, 0.5) is 0 Å². The van der Waals surface area contributed by atoms with Crippen LogP contribution in [0.1, 0.15) is 25.7 Å². The number of carboxylic acid groups (broad SMARTS) is 2. The molecule has 0 aliphatic heterocycles. The number of hydrogen-bond donors (Lipinski definition) is 2. The molecule has 4 nitrogen and oxygen atoms in total. The highest BCUT2D eigenvalue weighted by Gasteiger charge is 2.76. The summed E-state index contributed by atoms with van der Waals surface area (Å²) in [7, 11) is 0. The fraction of sp³-hybridized carbons (Fsp3) is 0.800. The second kappa shape index (κ2) is 1.97. The van der Waals surface area contributed by atoms with Gasteiger partial charge in [0, 0.05) is 0 Å². The lowest BCUT2D eigenvalue weighted by Crippen LogP contribution is -2.31. The molecular weight excluding hydrogens is 184 g/mol. The minimum Gasteiger partial charge on any atom is -0.481 e. The van der Waals surface area contributed by atoms with E-state index in [1.807, 2.05) is 0 Å². The number of carbonyl (C=O) groups is 2. The second-order valence-electron chi connectivity index (χ2n) is 5.14. The molecule has 0 spiro atoms. The van der Waals surface area contributed by atoms with Crippen LogP contribution in [0.3, 0.4) is 0 Å². The Bertz CT molecular complexity index is 318. The number of hydrogen-bond acceptors (Lipinski definition) is 2. The van der Waals surface area contributed by atoms with Crippen molar-refractivity contribution in [2.45, 2.75) is 25.7 Å². The summed E-state index contributed by atoms with van der Waals surface area (Å²) >= 11 is 0. The highest BCUT2D eigenvalue weighted by atomic mass is 16.4. The Morgan fingerprint density at radius 1 is 1.00 bits per heavy atom. The SMILES string of the molecule is O=C(O)C12CC3CC1CC3(C(=O)O)C2. The fourth-order valence-electron chi connectivity index (χ4n) is 4.24. The summed E-state index contributed by atoms with van der Waals surface area (Å²) in [5.41, 5.74) is -1.36. The van der Waals surface area contributed by atoms with E-state index in [-0.39, 0.29) is 11.8 Å². The summed E-state index contributed by atoms with van der Waals surface area (Å²) in [5.74, 6) is -1.29. The summed E-state index contributed by atoms with van der Waals surface area (Å²) in [4.78, 5) is 22.4. The molecule has 4 unspecified atom stereocenters. The summed E-state index contributed by atoms with van der Waals surface area (Å²) in [6.45, 7) is 0. The van der Waals surface area contributed by atoms with Gasteiger partial charge in [0.1, 0.15) is 0 Å². The first kappa shape index (κ1) is 8.26. The van der Waals surface area contributed by atoms with Gasteiger partial charge in [-0.3, -0.25) is 9.59 Å². The van der Waals surface area contributed by atoms with Gasteiger partial charge in [0.2, 0.25) is 0 Å². The molecule has 4 heteroatoms. The van der Waals surface area contributed by atoms with E-state index in [0.29, 0.717) is 19.3 Å². The van der Waals surface area contributed by atoms with E-state index < -0.39 is 22.8 Å². The molecule has 0 aromatic rings. The van der Waals surface area contributed by atoms with Crippen molar-refractivity contribution in [3.63, 3.8) is 0 Å². The van der Waals surface area contributed by atoms with Crippen LogP contribution in [-0.4, -0.2) is 22.2 Å². The first-order chi connectivity index (χ1) is 6.51. The molecule has 4 bridgehead atoms. The second-order valence-corrected chi connectivity index (χ2v) is 5.14. The van der Waals surface area contributed by atoms with Crippen molar-refractivity contribution < 1.29 is 19.8 Å². The quantitative estimate of drug-likeness (QED) is 0.689. The van der Waals surface area contributed by atoms with Crippen LogP contribution >= 0.6 is 0 Å². The van der Waals surface area contributed by atoms with Crippen molar-refractivity contribution >= 4 is 11.9 Å². The predicted octanol–water partition coefficient (Wildman–Crippen LogP) is 0.962. The molecule has 4 atom stereocenters. The van der Waals surface area contributed by atoms with Gasteiger partial charge in [-0.25, -0.2) is 0 Å². The highest BCUT2D eigenvalue weighted by molar-refractivity contribution is 5.84. The molecule has 4 fully saturated rings. The lowest BCUT2D eigenvalue weighted by atomic mass is 9.80. The zero-order chi connectivity index (χ0) is 10.1. The fourth-order valence-corrected chi connectivity index (χ4v) is 4.24. The summed E-state index contributed by atoms with van der Waals surface area (Å²) in [6, 6.07) is 0. The Kier molecular flexibility index (Phi) is 1.16. The number of carboxylic acids is 2. The molecule has 0 heterocycles. The normalized spacial score (nSPS) is 52.9. The summed E-state index contributed by atoms with van der Waals surface area (Å²) < 4.78 is 0. The van der Waals surface area contributed by atoms with Gasteiger partial charge in [-0.1, -0.05) is 0 Å². The third kappa shape index (κ3) is 0.586. The van der Waals surface area contributed by atoms with Crippen LogP contribution in [0.15, 0.2) is 0 Å². The monoisotopic (exact) mass is 196 g/mol. The molecular formula is C10H12O4. The van der Waals surface area contributed by atoms with E-state index in [1.165, 1.54) is 0 Å². The van der Waals surface area contributed by atoms with Crippen molar-refractivity contribution in [3.8, 4) is 0 Å². The van der Waals surface area contributed by atoms with Gasteiger partial charge in [0.25, 0.3) is 0 Å². The van der Waals surface area contributed by atoms with Gasteiger partial charge in [-0.2, -0.15) is 0 Å². The highest BCUT2D eigenvalue weighted by Crippen LogP contribution is 2.75. The number of rotatable bonds is 2. The maximum atomic E-state index is 11.2. The largest absolute Gasteiger partial charge is 0.481 e. The standard InChI is InChI=1S/C10H12O4/c11-7(12)9-2-5-1-6(9)3-10(5,4-9)8(13)14/h5-6H,1-4H2,(H,11,12)(H,13,14). The Morgan fingerprint density at radius 3 is 1.64 bits per heavy atom. The van der Waals surface area contributed by atoms with Gasteiger partial charge in [0.05, 0.1) is 10.8 Å². The minimum atomic E-state index is -0.773. The molecule has 76 valence electrons. The van der Waals surface area contributed by atoms with Gasteiger partial charge in [-0.05, 0) is 37.5 Å². The van der Waals surface area contributed by atoms with E-state index in [0.717, 1.165) is 6.42 Å². The first-order valence-electron chi connectivity index (χ1n) is 4.98. The Balaban J connectivity index is 2.08. The van der Waals surface area contributed by atoms with Crippen molar-refractivity contribution in [3.05, 3.63) is 0 Å². The summed E-state index contributed by atoms with van der Waals surface area (Å²) in [5, 5.41) is 18.4. The Hall–Kier alpha value is -1.06. The van der Waals surface area contributed by atoms with E-state index >= 15 is 0 Å². The maximum Gasteiger partial charge on any atom is 0.309 e. The molecule has 0 radical (unpaired) electrons. The minimum absolute atomic E-state index is 0.126. The van der Waals surface area contributed by atoms with Crippen molar-refractivity contribution in [1.82, 2.24) is 0 Å². The van der Waals surface area contributed by atoms with Crippen LogP contribution in [-0.2, 0) is 9.59 Å². The van der Waals surface area contributed by atoms with Crippen molar-refractivity contribution in [1.29, 1.82) is 0 Å². The number of aliphatic carboxylic acids is 2. The Morgan fingerprint density at radius 2 is 1.43 bits per heavy atom. The zero-order valence-corrected chi connectivity index (χ0v) is 7.69. The molecule has 0 amide bonds. The Labute approximate surface area is 80.9 Å². The smallest absolute Gasteiger partial charge is 0.309 e. The first-order valence-corrected chi connectivity index (χ1v) is 4.98. The van der Waals surface area contributed by atoms with Gasteiger partial charge in [0.15, 0.2) is 0 Å². The van der Waals surface area contributed by atoms with Gasteiger partial charge < -0.3 is 10.2 Å². The predicted molar refractivity (Wildman–Crippen MR) is 45.6 cm³/mol. The molecule has 0 aromatic heterocycles. The third-order valence-electron chi connectivity index (χ3n) is 4.84. The molecule has 2 N–H and O–H groups in total. The van der Waals surface area contributed by atoms with E-state index in [4.69, 9.17) is 0 Å². The van der Waals surface area contributed by atoms with E-state index in [1.54, 1.807) is 0 Å². The average Bonchev–Trinajstić information content (AvgIpc) is 2.69. The molecule has 4 saturated carbocycles. The maximum absolute atomic E-state index is 11.2. The molecule has 4 rings (SSSR count).